The minimum absolute atomic E-state index is 0.397. The average molecular weight is 325 g/mol. The number of anilines is 1. The molecule has 0 aliphatic heterocycles. The van der Waals surface area contributed by atoms with Crippen LogP contribution in [-0.2, 0) is 11.3 Å². The molecule has 1 heterocycles. The number of halogens is 1. The SMILES string of the molecule is COC(=O)c1ccc(Cl)cc1NCc1cc(C(N)=O)cs1. The second-order valence-corrected chi connectivity index (χ2v) is 5.63. The van der Waals surface area contributed by atoms with E-state index < -0.39 is 11.9 Å². The van der Waals surface area contributed by atoms with Crippen molar-refractivity contribution in [2.45, 2.75) is 6.54 Å². The van der Waals surface area contributed by atoms with Gasteiger partial charge in [-0.05, 0) is 24.3 Å². The predicted molar refractivity (Wildman–Crippen MR) is 83.0 cm³/mol. The van der Waals surface area contributed by atoms with Crippen LogP contribution in [0.3, 0.4) is 0 Å². The van der Waals surface area contributed by atoms with Crippen molar-refractivity contribution >= 4 is 40.5 Å². The number of nitrogens with two attached hydrogens (primary N) is 1. The first kappa shape index (κ1) is 15.3. The lowest BCUT2D eigenvalue weighted by molar-refractivity contribution is 0.0601. The van der Waals surface area contributed by atoms with E-state index in [0.29, 0.717) is 28.4 Å². The third kappa shape index (κ3) is 3.74. The summed E-state index contributed by atoms with van der Waals surface area (Å²) < 4.78 is 4.72. The fourth-order valence-corrected chi connectivity index (χ4v) is 2.72. The van der Waals surface area contributed by atoms with Crippen LogP contribution in [0.4, 0.5) is 5.69 Å². The minimum Gasteiger partial charge on any atom is -0.465 e. The molecule has 21 heavy (non-hydrogen) atoms. The molecule has 1 aromatic heterocycles. The van der Waals surface area contributed by atoms with Crippen LogP contribution in [0.1, 0.15) is 25.6 Å². The highest BCUT2D eigenvalue weighted by molar-refractivity contribution is 7.10. The number of rotatable bonds is 5. The van der Waals surface area contributed by atoms with Crippen LogP contribution in [0.25, 0.3) is 0 Å². The van der Waals surface area contributed by atoms with Crippen molar-refractivity contribution in [1.82, 2.24) is 0 Å². The first-order valence-electron chi connectivity index (χ1n) is 6.00. The van der Waals surface area contributed by atoms with Crippen LogP contribution in [-0.4, -0.2) is 19.0 Å². The van der Waals surface area contributed by atoms with E-state index in [9.17, 15) is 9.59 Å². The number of carbonyl (C=O) groups is 2. The summed E-state index contributed by atoms with van der Waals surface area (Å²) in [5, 5.41) is 5.31. The molecule has 2 aromatic rings. The van der Waals surface area contributed by atoms with Gasteiger partial charge in [-0.2, -0.15) is 0 Å². The number of amides is 1. The number of methoxy groups -OCH3 is 1. The number of nitrogens with one attached hydrogen (secondary N) is 1. The third-order valence-corrected chi connectivity index (χ3v) is 3.95. The Morgan fingerprint density at radius 1 is 1.38 bits per heavy atom. The smallest absolute Gasteiger partial charge is 0.339 e. The van der Waals surface area contributed by atoms with Crippen LogP contribution in [0.15, 0.2) is 29.6 Å². The zero-order valence-corrected chi connectivity index (χ0v) is 12.8. The van der Waals surface area contributed by atoms with Crippen LogP contribution in [0.2, 0.25) is 5.02 Å². The summed E-state index contributed by atoms with van der Waals surface area (Å²) in [7, 11) is 1.32. The maximum absolute atomic E-state index is 11.7. The van der Waals surface area contributed by atoms with Gasteiger partial charge in [0.15, 0.2) is 0 Å². The van der Waals surface area contributed by atoms with Crippen LogP contribution in [0, 0.1) is 0 Å². The summed E-state index contributed by atoms with van der Waals surface area (Å²) in [6, 6.07) is 6.58. The standard InChI is InChI=1S/C14H13ClN2O3S/c1-20-14(19)11-3-2-9(15)5-12(11)17-6-10-4-8(7-21-10)13(16)18/h2-5,7,17H,6H2,1H3,(H2,16,18). The van der Waals surface area contributed by atoms with E-state index in [1.54, 1.807) is 29.6 Å². The van der Waals surface area contributed by atoms with E-state index >= 15 is 0 Å². The van der Waals surface area contributed by atoms with Gasteiger partial charge >= 0.3 is 5.97 Å². The minimum atomic E-state index is -0.462. The molecule has 0 unspecified atom stereocenters. The Hall–Kier alpha value is -2.05. The van der Waals surface area contributed by atoms with Crippen molar-refractivity contribution in [1.29, 1.82) is 0 Å². The fourth-order valence-electron chi connectivity index (χ4n) is 1.74. The Morgan fingerprint density at radius 2 is 2.14 bits per heavy atom. The summed E-state index contributed by atoms with van der Waals surface area (Å²) >= 11 is 7.35. The second-order valence-electron chi connectivity index (χ2n) is 4.20. The highest BCUT2D eigenvalue weighted by Gasteiger charge is 2.12. The molecule has 0 bridgehead atoms. The van der Waals surface area contributed by atoms with Gasteiger partial charge in [-0.25, -0.2) is 4.79 Å². The molecule has 0 radical (unpaired) electrons. The summed E-state index contributed by atoms with van der Waals surface area (Å²) in [6.07, 6.45) is 0. The van der Waals surface area contributed by atoms with Crippen molar-refractivity contribution < 1.29 is 14.3 Å². The molecule has 0 aliphatic rings. The van der Waals surface area contributed by atoms with Gasteiger partial charge < -0.3 is 15.8 Å². The number of ether oxygens (including phenoxy) is 1. The zero-order chi connectivity index (χ0) is 15.4. The average Bonchev–Trinajstić information content (AvgIpc) is 2.93. The molecule has 0 fully saturated rings. The van der Waals surface area contributed by atoms with E-state index in [0.717, 1.165) is 4.88 Å². The van der Waals surface area contributed by atoms with E-state index in [1.165, 1.54) is 18.4 Å². The number of thiophene rings is 1. The first-order chi connectivity index (χ1) is 10.0. The van der Waals surface area contributed by atoms with Gasteiger partial charge in [-0.3, -0.25) is 4.79 Å². The molecule has 1 amide bonds. The van der Waals surface area contributed by atoms with E-state index in [-0.39, 0.29) is 0 Å². The van der Waals surface area contributed by atoms with Gasteiger partial charge in [0.1, 0.15) is 0 Å². The van der Waals surface area contributed by atoms with Crippen molar-refractivity contribution in [3.05, 3.63) is 50.7 Å². The van der Waals surface area contributed by atoms with Crippen LogP contribution >= 0.6 is 22.9 Å². The van der Waals surface area contributed by atoms with Crippen molar-refractivity contribution in [3.63, 3.8) is 0 Å². The van der Waals surface area contributed by atoms with E-state index in [4.69, 9.17) is 22.1 Å². The van der Waals surface area contributed by atoms with Crippen LogP contribution < -0.4 is 11.1 Å². The Kier molecular flexibility index (Phi) is 4.82. The maximum atomic E-state index is 11.7. The fraction of sp³-hybridized carbons (Fsp3) is 0.143. The molecule has 0 saturated carbocycles. The van der Waals surface area contributed by atoms with Gasteiger partial charge in [-0.1, -0.05) is 11.6 Å². The van der Waals surface area contributed by atoms with Gasteiger partial charge in [0.2, 0.25) is 5.91 Å². The highest BCUT2D eigenvalue weighted by Crippen LogP contribution is 2.23. The third-order valence-electron chi connectivity index (χ3n) is 2.78. The predicted octanol–water partition coefficient (Wildman–Crippen LogP) is 2.90. The molecule has 0 atom stereocenters. The largest absolute Gasteiger partial charge is 0.465 e. The Balaban J connectivity index is 2.16. The summed E-state index contributed by atoms with van der Waals surface area (Å²) in [4.78, 5) is 23.6. The Bertz CT molecular complexity index is 685. The monoisotopic (exact) mass is 324 g/mol. The molecule has 0 saturated heterocycles. The van der Waals surface area contributed by atoms with Gasteiger partial charge in [0.25, 0.3) is 0 Å². The number of carbonyl (C=O) groups excluding carboxylic acids is 2. The van der Waals surface area contributed by atoms with Crippen LogP contribution in [0.5, 0.6) is 0 Å². The second kappa shape index (κ2) is 6.60. The molecular formula is C14H13ClN2O3S. The lowest BCUT2D eigenvalue weighted by atomic mass is 10.1. The molecule has 3 N–H and O–H groups in total. The summed E-state index contributed by atoms with van der Waals surface area (Å²) in [5.41, 5.74) is 6.64. The summed E-state index contributed by atoms with van der Waals surface area (Å²) in [5.74, 6) is -0.909. The quantitative estimate of drug-likeness (QED) is 0.829. The topological polar surface area (TPSA) is 81.4 Å². The van der Waals surface area contributed by atoms with Crippen molar-refractivity contribution in [3.8, 4) is 0 Å². The van der Waals surface area contributed by atoms with Gasteiger partial charge in [-0.15, -0.1) is 11.3 Å². The van der Waals surface area contributed by atoms with Crippen molar-refractivity contribution in [2.75, 3.05) is 12.4 Å². The van der Waals surface area contributed by atoms with Gasteiger partial charge in [0, 0.05) is 21.8 Å². The lowest BCUT2D eigenvalue weighted by Gasteiger charge is -2.10. The first-order valence-corrected chi connectivity index (χ1v) is 7.26. The van der Waals surface area contributed by atoms with E-state index in [1.807, 2.05) is 0 Å². The lowest BCUT2D eigenvalue weighted by Crippen LogP contribution is -2.09. The van der Waals surface area contributed by atoms with Gasteiger partial charge in [0.05, 0.1) is 23.9 Å². The number of hydrogen-bond acceptors (Lipinski definition) is 5. The number of primary amides is 1. The number of hydrogen-bond donors (Lipinski definition) is 2. The zero-order valence-electron chi connectivity index (χ0n) is 11.2. The molecule has 7 heteroatoms. The number of esters is 1. The Morgan fingerprint density at radius 3 is 2.76 bits per heavy atom. The molecule has 0 aliphatic carbocycles. The Labute approximate surface area is 130 Å². The summed E-state index contributed by atoms with van der Waals surface area (Å²) in [6.45, 7) is 0.447. The highest BCUT2D eigenvalue weighted by atomic mass is 35.5. The normalized spacial score (nSPS) is 10.2. The van der Waals surface area contributed by atoms with Crippen molar-refractivity contribution in [2.24, 2.45) is 5.73 Å². The number of benzene rings is 1. The molecule has 2 rings (SSSR count). The molecule has 110 valence electrons. The molecular weight excluding hydrogens is 312 g/mol. The molecule has 0 spiro atoms. The maximum Gasteiger partial charge on any atom is 0.339 e. The molecule has 1 aromatic carbocycles. The molecule has 5 nitrogen and oxygen atoms in total. The van der Waals surface area contributed by atoms with E-state index in [2.05, 4.69) is 5.32 Å².